The zero-order chi connectivity index (χ0) is 12.4. The second kappa shape index (κ2) is 4.57. The fraction of sp³-hybridized carbons (Fsp3) is 0.125. The molecule has 0 amide bonds. The number of aryl methyl sites for hydroxylation is 1. The SMILES string of the molecule is Cc1c[nH]c2cc(OCc3ccccc3)ccc12. The molecule has 0 aliphatic heterocycles. The molecule has 90 valence electrons. The minimum Gasteiger partial charge on any atom is -0.489 e. The minimum atomic E-state index is 0.603. The molecule has 2 nitrogen and oxygen atoms in total. The van der Waals surface area contributed by atoms with Gasteiger partial charge in [-0.3, -0.25) is 0 Å². The average Bonchev–Trinajstić information content (AvgIpc) is 2.79. The van der Waals surface area contributed by atoms with E-state index in [9.17, 15) is 0 Å². The number of benzene rings is 2. The van der Waals surface area contributed by atoms with Gasteiger partial charge in [-0.25, -0.2) is 0 Å². The molecule has 3 aromatic rings. The number of hydrogen-bond donors (Lipinski definition) is 1. The summed E-state index contributed by atoms with van der Waals surface area (Å²) in [5, 5.41) is 1.25. The normalized spacial score (nSPS) is 10.7. The first-order valence-corrected chi connectivity index (χ1v) is 6.07. The first kappa shape index (κ1) is 10.9. The fourth-order valence-corrected chi connectivity index (χ4v) is 2.08. The van der Waals surface area contributed by atoms with E-state index in [0.717, 1.165) is 11.3 Å². The highest BCUT2D eigenvalue weighted by Gasteiger charge is 2.01. The molecular weight excluding hydrogens is 222 g/mol. The molecule has 1 heterocycles. The zero-order valence-corrected chi connectivity index (χ0v) is 10.3. The Kier molecular flexibility index (Phi) is 2.77. The highest BCUT2D eigenvalue weighted by Crippen LogP contribution is 2.23. The molecule has 0 fully saturated rings. The largest absolute Gasteiger partial charge is 0.489 e. The van der Waals surface area contributed by atoms with E-state index in [4.69, 9.17) is 4.74 Å². The summed E-state index contributed by atoms with van der Waals surface area (Å²) in [5.74, 6) is 0.896. The lowest BCUT2D eigenvalue weighted by atomic mass is 10.2. The van der Waals surface area contributed by atoms with Gasteiger partial charge in [0, 0.05) is 23.2 Å². The van der Waals surface area contributed by atoms with E-state index in [1.54, 1.807) is 0 Å². The van der Waals surface area contributed by atoms with E-state index in [0.29, 0.717) is 6.61 Å². The van der Waals surface area contributed by atoms with Gasteiger partial charge in [0.1, 0.15) is 12.4 Å². The summed E-state index contributed by atoms with van der Waals surface area (Å²) in [6.07, 6.45) is 2.02. The van der Waals surface area contributed by atoms with E-state index < -0.39 is 0 Å². The van der Waals surface area contributed by atoms with Gasteiger partial charge in [0.05, 0.1) is 0 Å². The highest BCUT2D eigenvalue weighted by molar-refractivity contribution is 5.84. The fourth-order valence-electron chi connectivity index (χ4n) is 2.08. The Morgan fingerprint density at radius 1 is 1.06 bits per heavy atom. The molecule has 0 aliphatic carbocycles. The quantitative estimate of drug-likeness (QED) is 0.730. The first-order valence-electron chi connectivity index (χ1n) is 6.07. The van der Waals surface area contributed by atoms with E-state index in [2.05, 4.69) is 30.1 Å². The lowest BCUT2D eigenvalue weighted by Crippen LogP contribution is -1.94. The van der Waals surface area contributed by atoms with Crippen LogP contribution in [0.4, 0.5) is 0 Å². The van der Waals surface area contributed by atoms with Crippen LogP contribution in [0.1, 0.15) is 11.1 Å². The zero-order valence-electron chi connectivity index (χ0n) is 10.3. The van der Waals surface area contributed by atoms with Crippen molar-refractivity contribution >= 4 is 10.9 Å². The predicted octanol–water partition coefficient (Wildman–Crippen LogP) is 4.06. The van der Waals surface area contributed by atoms with E-state index in [-0.39, 0.29) is 0 Å². The number of aromatic amines is 1. The smallest absolute Gasteiger partial charge is 0.121 e. The van der Waals surface area contributed by atoms with Gasteiger partial charge in [-0.15, -0.1) is 0 Å². The van der Waals surface area contributed by atoms with Crippen LogP contribution in [0.2, 0.25) is 0 Å². The molecule has 0 aliphatic rings. The lowest BCUT2D eigenvalue weighted by molar-refractivity contribution is 0.306. The molecule has 0 spiro atoms. The van der Waals surface area contributed by atoms with Crippen molar-refractivity contribution < 1.29 is 4.74 Å². The Labute approximate surface area is 106 Å². The van der Waals surface area contributed by atoms with Crippen LogP contribution in [0.5, 0.6) is 5.75 Å². The summed E-state index contributed by atoms with van der Waals surface area (Å²) in [4.78, 5) is 3.25. The number of aromatic nitrogens is 1. The second-order valence-electron chi connectivity index (χ2n) is 4.45. The van der Waals surface area contributed by atoms with Crippen molar-refractivity contribution in [3.63, 3.8) is 0 Å². The maximum absolute atomic E-state index is 5.79. The molecule has 18 heavy (non-hydrogen) atoms. The Bertz CT molecular complexity index is 655. The van der Waals surface area contributed by atoms with Gasteiger partial charge in [0.15, 0.2) is 0 Å². The van der Waals surface area contributed by atoms with Crippen molar-refractivity contribution in [2.45, 2.75) is 13.5 Å². The third-order valence-corrected chi connectivity index (χ3v) is 3.11. The minimum absolute atomic E-state index is 0.603. The molecule has 0 radical (unpaired) electrons. The van der Waals surface area contributed by atoms with E-state index >= 15 is 0 Å². The Morgan fingerprint density at radius 3 is 2.72 bits per heavy atom. The van der Waals surface area contributed by atoms with Crippen LogP contribution in [0.3, 0.4) is 0 Å². The number of ether oxygens (including phenoxy) is 1. The van der Waals surface area contributed by atoms with Crippen molar-refractivity contribution in [1.82, 2.24) is 4.98 Å². The molecule has 0 saturated heterocycles. The average molecular weight is 237 g/mol. The molecule has 2 heteroatoms. The van der Waals surface area contributed by atoms with Crippen molar-refractivity contribution in [2.24, 2.45) is 0 Å². The summed E-state index contributed by atoms with van der Waals surface area (Å²) >= 11 is 0. The number of fused-ring (bicyclic) bond motifs is 1. The Balaban J connectivity index is 1.79. The maximum atomic E-state index is 5.79. The van der Waals surface area contributed by atoms with E-state index in [1.165, 1.54) is 16.5 Å². The van der Waals surface area contributed by atoms with Gasteiger partial charge < -0.3 is 9.72 Å². The topological polar surface area (TPSA) is 25.0 Å². The lowest BCUT2D eigenvalue weighted by Gasteiger charge is -2.06. The summed E-state index contributed by atoms with van der Waals surface area (Å²) in [6.45, 7) is 2.70. The molecule has 0 bridgehead atoms. The van der Waals surface area contributed by atoms with Gasteiger partial charge in [-0.2, -0.15) is 0 Å². The van der Waals surface area contributed by atoms with Crippen molar-refractivity contribution in [2.75, 3.05) is 0 Å². The molecule has 2 aromatic carbocycles. The first-order chi connectivity index (χ1) is 8.83. The maximum Gasteiger partial charge on any atom is 0.121 e. The van der Waals surface area contributed by atoms with Crippen LogP contribution in [-0.4, -0.2) is 4.98 Å². The van der Waals surface area contributed by atoms with Crippen LogP contribution in [0.15, 0.2) is 54.7 Å². The van der Waals surface area contributed by atoms with Gasteiger partial charge in [-0.05, 0) is 30.2 Å². The van der Waals surface area contributed by atoms with Gasteiger partial charge in [0.25, 0.3) is 0 Å². The summed E-state index contributed by atoms with van der Waals surface area (Å²) < 4.78 is 5.79. The Hall–Kier alpha value is -2.22. The van der Waals surface area contributed by atoms with Crippen LogP contribution in [-0.2, 0) is 6.61 Å². The third-order valence-electron chi connectivity index (χ3n) is 3.11. The predicted molar refractivity (Wildman–Crippen MR) is 73.8 cm³/mol. The molecule has 3 rings (SSSR count). The van der Waals surface area contributed by atoms with Crippen LogP contribution in [0, 0.1) is 6.92 Å². The monoisotopic (exact) mass is 237 g/mol. The summed E-state index contributed by atoms with van der Waals surface area (Å²) in [6, 6.07) is 16.4. The molecule has 0 unspecified atom stereocenters. The van der Waals surface area contributed by atoms with E-state index in [1.807, 2.05) is 36.5 Å². The van der Waals surface area contributed by atoms with Gasteiger partial charge in [-0.1, -0.05) is 30.3 Å². The molecule has 1 N–H and O–H groups in total. The van der Waals surface area contributed by atoms with Gasteiger partial charge >= 0.3 is 0 Å². The standard InChI is InChI=1S/C16H15NO/c1-12-10-17-16-9-14(7-8-15(12)16)18-11-13-5-3-2-4-6-13/h2-10,17H,11H2,1H3. The highest BCUT2D eigenvalue weighted by atomic mass is 16.5. The summed E-state index contributed by atoms with van der Waals surface area (Å²) in [5.41, 5.74) is 3.57. The number of rotatable bonds is 3. The van der Waals surface area contributed by atoms with Crippen molar-refractivity contribution in [3.8, 4) is 5.75 Å². The third kappa shape index (κ3) is 2.09. The summed E-state index contributed by atoms with van der Waals surface area (Å²) in [7, 11) is 0. The second-order valence-corrected chi connectivity index (χ2v) is 4.45. The van der Waals surface area contributed by atoms with Crippen LogP contribution < -0.4 is 4.74 Å². The number of nitrogens with one attached hydrogen (secondary N) is 1. The number of hydrogen-bond acceptors (Lipinski definition) is 1. The van der Waals surface area contributed by atoms with Crippen molar-refractivity contribution in [3.05, 3.63) is 65.9 Å². The Morgan fingerprint density at radius 2 is 1.89 bits per heavy atom. The van der Waals surface area contributed by atoms with Gasteiger partial charge in [0.2, 0.25) is 0 Å². The number of H-pyrrole nitrogens is 1. The van der Waals surface area contributed by atoms with Crippen LogP contribution in [0.25, 0.3) is 10.9 Å². The molecule has 1 aromatic heterocycles. The molecule has 0 saturated carbocycles. The van der Waals surface area contributed by atoms with Crippen molar-refractivity contribution in [1.29, 1.82) is 0 Å². The molecular formula is C16H15NO. The molecule has 0 atom stereocenters. The van der Waals surface area contributed by atoms with Crippen LogP contribution >= 0.6 is 0 Å².